The molecule has 3 aromatic heterocycles. The maximum Gasteiger partial charge on any atom is 0.178 e. The standard InChI is InChI=1S/C18H24N6O.4C18H15P.Pd/c1-13(2)11-23-12-15(10-20-23)17-14(3)21-18-16(4-5-19-24(17)18)22-6-8-25-9-7-22;4*1-4-10-16(11-5-1)19(17-12-6-2-7-13-17)18-14-8-3-9-15-18;/h4-5,10,12-13H,6-9,11H2,1-3H3;4*1-15H;. The van der Waals surface area contributed by atoms with Crippen LogP contribution in [-0.2, 0) is 31.7 Å². The number of fused-ring (bicyclic) bond motifs is 1. The Hall–Kier alpha value is -9.39. The maximum absolute atomic E-state index is 5.47. The Morgan fingerprint density at radius 3 is 0.824 bits per heavy atom. The molecule has 12 aromatic carbocycles. The number of anilines is 1. The number of ether oxygens (including phenoxy) is 1. The van der Waals surface area contributed by atoms with Crippen molar-refractivity contribution in [2.75, 3.05) is 31.2 Å². The molecule has 7 nitrogen and oxygen atoms in total. The summed E-state index contributed by atoms with van der Waals surface area (Å²) in [6, 6.07) is 131. The summed E-state index contributed by atoms with van der Waals surface area (Å²) in [5.41, 5.74) is 5.05. The van der Waals surface area contributed by atoms with E-state index in [0.717, 1.165) is 61.1 Å². The number of hydrogen-bond acceptors (Lipinski definition) is 5. The zero-order chi connectivity index (χ0) is 69.1. The summed E-state index contributed by atoms with van der Waals surface area (Å²) >= 11 is 0. The molecule has 15 aromatic rings. The molecule has 1 saturated heterocycles. The van der Waals surface area contributed by atoms with Gasteiger partial charge in [-0.25, -0.2) is 9.50 Å². The van der Waals surface area contributed by atoms with Crippen molar-refractivity contribution in [3.05, 3.63) is 394 Å². The van der Waals surface area contributed by atoms with Crippen LogP contribution in [0.25, 0.3) is 16.9 Å². The van der Waals surface area contributed by atoms with E-state index in [1.165, 1.54) is 63.7 Å². The molecule has 0 N–H and O–H groups in total. The minimum Gasteiger partial charge on any atom is -0.378 e. The van der Waals surface area contributed by atoms with E-state index in [2.05, 4.69) is 399 Å². The van der Waals surface area contributed by atoms with Crippen LogP contribution in [0.2, 0.25) is 0 Å². The number of rotatable bonds is 16. The van der Waals surface area contributed by atoms with E-state index < -0.39 is 31.7 Å². The predicted octanol–water partition coefficient (Wildman–Crippen LogP) is 16.2. The molecular formula is C90H84N6OP4Pd. The molecule has 16 rings (SSSR count). The second-order valence-electron chi connectivity index (χ2n) is 24.3. The summed E-state index contributed by atoms with van der Waals surface area (Å²) in [5, 5.41) is 25.8. The largest absolute Gasteiger partial charge is 0.378 e. The van der Waals surface area contributed by atoms with E-state index in [9.17, 15) is 0 Å². The molecule has 1 fully saturated rings. The SMILES string of the molecule is Cc1nc2c(N3CCOCC3)ccnn2c1-c1cnn(CC(C)C)c1.[Pd].c1ccc(P(c2ccccc2)c2ccccc2)cc1.c1ccc(P(c2ccccc2)c2ccccc2)cc1.c1ccc(P(c2ccccc2)c2ccccc2)cc1.c1ccc(P(c2ccccc2)c2ccccc2)cc1. The molecule has 0 aliphatic carbocycles. The molecule has 0 radical (unpaired) electrons. The number of imidazole rings is 1. The van der Waals surface area contributed by atoms with Gasteiger partial charge in [-0.3, -0.25) is 4.68 Å². The molecule has 102 heavy (non-hydrogen) atoms. The molecule has 1 aliphatic rings. The first-order valence-electron chi connectivity index (χ1n) is 34.4. The summed E-state index contributed by atoms with van der Waals surface area (Å²) in [4.78, 5) is 7.13. The van der Waals surface area contributed by atoms with Crippen molar-refractivity contribution < 1.29 is 25.2 Å². The van der Waals surface area contributed by atoms with E-state index in [0.29, 0.717) is 5.92 Å². The summed E-state index contributed by atoms with van der Waals surface area (Å²) in [7, 11) is -1.78. The number of aromatic nitrogens is 5. The van der Waals surface area contributed by atoms with Gasteiger partial charge >= 0.3 is 0 Å². The minimum absolute atomic E-state index is 0. The fraction of sp³-hybridized carbons (Fsp3) is 0.100. The second-order valence-corrected chi connectivity index (χ2v) is 33.2. The van der Waals surface area contributed by atoms with Crippen molar-refractivity contribution in [2.45, 2.75) is 27.3 Å². The molecule has 0 amide bonds. The fourth-order valence-corrected chi connectivity index (χ4v) is 21.3. The third kappa shape index (κ3) is 20.2. The van der Waals surface area contributed by atoms with Crippen LogP contribution in [-0.4, -0.2) is 50.7 Å². The third-order valence-electron chi connectivity index (χ3n) is 16.7. The van der Waals surface area contributed by atoms with Gasteiger partial charge in [0.2, 0.25) is 0 Å². The Bertz CT molecular complexity index is 3960. The molecular weight excluding hydrogens is 1410 g/mol. The first kappa shape index (κ1) is 73.8. The van der Waals surface area contributed by atoms with Crippen molar-refractivity contribution in [1.29, 1.82) is 0 Å². The summed E-state index contributed by atoms with van der Waals surface area (Å²) in [6.07, 6.45) is 5.84. The van der Waals surface area contributed by atoms with Crippen LogP contribution in [0.5, 0.6) is 0 Å². The van der Waals surface area contributed by atoms with Gasteiger partial charge in [-0.05, 0) is 114 Å². The quantitative estimate of drug-likeness (QED) is 0.0713. The van der Waals surface area contributed by atoms with Crippen molar-refractivity contribution in [2.24, 2.45) is 5.92 Å². The molecule has 0 spiro atoms. The van der Waals surface area contributed by atoms with Crippen molar-refractivity contribution in [3.8, 4) is 11.3 Å². The summed E-state index contributed by atoms with van der Waals surface area (Å²) < 4.78 is 9.40. The van der Waals surface area contributed by atoms with Crippen LogP contribution < -0.4 is 68.6 Å². The normalized spacial score (nSPS) is 11.7. The topological polar surface area (TPSA) is 60.5 Å². The van der Waals surface area contributed by atoms with Gasteiger partial charge < -0.3 is 9.64 Å². The van der Waals surface area contributed by atoms with Gasteiger partial charge in [0.1, 0.15) is 0 Å². The Kier molecular flexibility index (Phi) is 28.3. The zero-order valence-electron chi connectivity index (χ0n) is 57.8. The molecule has 0 bridgehead atoms. The van der Waals surface area contributed by atoms with E-state index in [-0.39, 0.29) is 20.4 Å². The van der Waals surface area contributed by atoms with Gasteiger partial charge in [0.05, 0.1) is 42.7 Å². The first-order chi connectivity index (χ1) is 49.9. The predicted molar refractivity (Wildman–Crippen MR) is 437 cm³/mol. The Labute approximate surface area is 621 Å². The average molecular weight is 1500 g/mol. The minimum atomic E-state index is -0.446. The maximum atomic E-state index is 5.47. The van der Waals surface area contributed by atoms with Gasteiger partial charge in [-0.15, -0.1) is 0 Å². The van der Waals surface area contributed by atoms with E-state index in [4.69, 9.17) is 9.72 Å². The van der Waals surface area contributed by atoms with Crippen LogP contribution in [0.4, 0.5) is 5.69 Å². The molecule has 510 valence electrons. The Balaban J connectivity index is 0.000000128. The second kappa shape index (κ2) is 39.1. The van der Waals surface area contributed by atoms with Crippen molar-refractivity contribution in [3.63, 3.8) is 0 Å². The first-order valence-corrected chi connectivity index (χ1v) is 39.8. The fourth-order valence-electron chi connectivity index (χ4n) is 12.1. The number of benzene rings is 12. The number of hydrogen-bond donors (Lipinski definition) is 0. The van der Waals surface area contributed by atoms with Crippen LogP contribution >= 0.6 is 31.7 Å². The van der Waals surface area contributed by atoms with E-state index in [1.807, 2.05) is 34.6 Å². The zero-order valence-corrected chi connectivity index (χ0v) is 62.9. The molecule has 12 heteroatoms. The van der Waals surface area contributed by atoms with Gasteiger partial charge in [0.25, 0.3) is 0 Å². The molecule has 0 unspecified atom stereocenters. The molecule has 0 saturated carbocycles. The van der Waals surface area contributed by atoms with Crippen LogP contribution in [0.15, 0.2) is 389 Å². The number of morpholine rings is 1. The van der Waals surface area contributed by atoms with Gasteiger partial charge in [-0.1, -0.05) is 378 Å². The Morgan fingerprint density at radius 1 is 0.343 bits per heavy atom. The van der Waals surface area contributed by atoms with Crippen molar-refractivity contribution in [1.82, 2.24) is 24.4 Å². The van der Waals surface area contributed by atoms with Gasteiger partial charge in [-0.2, -0.15) is 10.2 Å². The number of nitrogens with zero attached hydrogens (tertiary/aromatic N) is 6. The third-order valence-corrected chi connectivity index (χ3v) is 26.4. The van der Waals surface area contributed by atoms with Crippen LogP contribution in [0, 0.1) is 12.8 Å². The smallest absolute Gasteiger partial charge is 0.178 e. The molecule has 4 heterocycles. The van der Waals surface area contributed by atoms with Gasteiger partial charge in [0.15, 0.2) is 5.65 Å². The van der Waals surface area contributed by atoms with Crippen molar-refractivity contribution >= 4 is 107 Å². The summed E-state index contributed by atoms with van der Waals surface area (Å²) in [6.45, 7) is 10.6. The van der Waals surface area contributed by atoms with Gasteiger partial charge in [0, 0.05) is 51.8 Å². The molecule has 0 atom stereocenters. The molecule has 1 aliphatic heterocycles. The van der Waals surface area contributed by atoms with E-state index in [1.54, 1.807) is 0 Å². The monoisotopic (exact) mass is 1490 g/mol. The Morgan fingerprint density at radius 2 is 0.588 bits per heavy atom. The average Bonchev–Trinajstić information content (AvgIpc) is 1.62. The van der Waals surface area contributed by atoms with Crippen LogP contribution in [0.3, 0.4) is 0 Å². The van der Waals surface area contributed by atoms with E-state index >= 15 is 0 Å². The van der Waals surface area contributed by atoms with Crippen LogP contribution in [0.1, 0.15) is 19.5 Å². The number of aryl methyl sites for hydroxylation is 1. The summed E-state index contributed by atoms with van der Waals surface area (Å²) in [5.74, 6) is 0.557.